The standard InChI is InChI=1S/C26H21FIN7O/c1-14-11-22(19(27)12-18(14)15-7-9-16(10-8-15)25(36)29-2)31-26-30-13-20(28)24(33-26)32-23-17-5-3-4-6-21(17)34-35-23/h3-13H,1-2H3,(H,29,36)(H3,30,31,32,33,34,35). The Morgan fingerprint density at radius 1 is 1.03 bits per heavy atom. The number of carbonyl (C=O) groups is 1. The van der Waals surface area contributed by atoms with Gasteiger partial charge in [-0.25, -0.2) is 9.37 Å². The molecule has 5 rings (SSSR count). The number of nitrogens with zero attached hydrogens (tertiary/aromatic N) is 3. The normalized spacial score (nSPS) is 10.9. The first-order valence-corrected chi connectivity index (χ1v) is 12.1. The van der Waals surface area contributed by atoms with Crippen LogP contribution in [0.15, 0.2) is 66.9 Å². The van der Waals surface area contributed by atoms with Gasteiger partial charge in [-0.15, -0.1) is 0 Å². The van der Waals surface area contributed by atoms with E-state index in [-0.39, 0.29) is 17.5 Å². The van der Waals surface area contributed by atoms with Crippen LogP contribution in [-0.4, -0.2) is 33.1 Å². The SMILES string of the molecule is CNC(=O)c1ccc(-c2cc(F)c(Nc3ncc(I)c(Nc4n[nH]c5ccccc45)n3)cc2C)cc1. The first-order chi connectivity index (χ1) is 17.4. The third kappa shape index (κ3) is 4.71. The Bertz CT molecular complexity index is 1580. The molecule has 2 heterocycles. The smallest absolute Gasteiger partial charge is 0.251 e. The van der Waals surface area contributed by atoms with Crippen molar-refractivity contribution in [1.82, 2.24) is 25.5 Å². The summed E-state index contributed by atoms with van der Waals surface area (Å²) in [4.78, 5) is 20.6. The van der Waals surface area contributed by atoms with Crippen LogP contribution in [0, 0.1) is 16.3 Å². The molecule has 36 heavy (non-hydrogen) atoms. The van der Waals surface area contributed by atoms with Crippen molar-refractivity contribution >= 4 is 62.7 Å². The molecule has 2 aromatic heterocycles. The third-order valence-corrected chi connectivity index (χ3v) is 6.49. The predicted octanol–water partition coefficient (Wildman–Crippen LogP) is 5.92. The van der Waals surface area contributed by atoms with Crippen molar-refractivity contribution in [2.45, 2.75) is 6.92 Å². The van der Waals surface area contributed by atoms with Gasteiger partial charge >= 0.3 is 0 Å². The Kier molecular flexibility index (Phi) is 6.51. The molecule has 3 aromatic carbocycles. The molecule has 0 aliphatic carbocycles. The van der Waals surface area contributed by atoms with Crippen LogP contribution in [0.5, 0.6) is 0 Å². The summed E-state index contributed by atoms with van der Waals surface area (Å²) >= 11 is 2.14. The lowest BCUT2D eigenvalue weighted by atomic mass is 9.98. The summed E-state index contributed by atoms with van der Waals surface area (Å²) in [5.41, 5.74) is 4.12. The third-order valence-electron chi connectivity index (χ3n) is 5.70. The number of hydrogen-bond acceptors (Lipinski definition) is 6. The fourth-order valence-corrected chi connectivity index (χ4v) is 4.23. The number of aryl methyl sites for hydroxylation is 1. The zero-order chi connectivity index (χ0) is 25.2. The molecule has 0 unspecified atom stereocenters. The molecule has 0 aliphatic heterocycles. The van der Waals surface area contributed by atoms with E-state index < -0.39 is 5.82 Å². The molecule has 0 bridgehead atoms. The van der Waals surface area contributed by atoms with Crippen LogP contribution in [-0.2, 0) is 0 Å². The van der Waals surface area contributed by atoms with Gasteiger partial charge in [0, 0.05) is 24.2 Å². The fraction of sp³-hybridized carbons (Fsp3) is 0.0769. The molecular formula is C26H21FIN7O. The second-order valence-electron chi connectivity index (χ2n) is 8.06. The summed E-state index contributed by atoms with van der Waals surface area (Å²) in [5.74, 6) is 0.827. The highest BCUT2D eigenvalue weighted by atomic mass is 127. The number of carbonyl (C=O) groups excluding carboxylic acids is 1. The van der Waals surface area contributed by atoms with Gasteiger partial charge < -0.3 is 16.0 Å². The van der Waals surface area contributed by atoms with E-state index in [0.29, 0.717) is 17.2 Å². The summed E-state index contributed by atoms with van der Waals surface area (Å²) in [7, 11) is 1.58. The number of fused-ring (bicyclic) bond motifs is 1. The Hall–Kier alpha value is -4.06. The first kappa shape index (κ1) is 23.7. The molecule has 4 N–H and O–H groups in total. The van der Waals surface area contributed by atoms with E-state index in [4.69, 9.17) is 0 Å². The van der Waals surface area contributed by atoms with Crippen molar-refractivity contribution in [1.29, 1.82) is 0 Å². The first-order valence-electron chi connectivity index (χ1n) is 11.1. The summed E-state index contributed by atoms with van der Waals surface area (Å²) < 4.78 is 15.9. The van der Waals surface area contributed by atoms with Gasteiger partial charge in [-0.1, -0.05) is 24.3 Å². The van der Waals surface area contributed by atoms with Gasteiger partial charge in [-0.2, -0.15) is 10.1 Å². The maximum atomic E-state index is 15.1. The molecule has 0 aliphatic rings. The number of rotatable bonds is 6. The van der Waals surface area contributed by atoms with Gasteiger partial charge in [0.15, 0.2) is 11.6 Å². The van der Waals surface area contributed by atoms with Gasteiger partial charge in [0.2, 0.25) is 5.95 Å². The number of aromatic nitrogens is 4. The highest BCUT2D eigenvalue weighted by molar-refractivity contribution is 14.1. The quantitative estimate of drug-likeness (QED) is 0.182. The molecule has 8 nitrogen and oxygen atoms in total. The Morgan fingerprint density at radius 3 is 2.58 bits per heavy atom. The highest BCUT2D eigenvalue weighted by Crippen LogP contribution is 2.31. The van der Waals surface area contributed by atoms with Crippen LogP contribution in [0.1, 0.15) is 15.9 Å². The molecule has 0 spiro atoms. The lowest BCUT2D eigenvalue weighted by Crippen LogP contribution is -2.17. The molecule has 180 valence electrons. The van der Waals surface area contributed by atoms with Crippen LogP contribution >= 0.6 is 22.6 Å². The topological polar surface area (TPSA) is 108 Å². The molecule has 0 saturated heterocycles. The summed E-state index contributed by atoms with van der Waals surface area (Å²) in [6.45, 7) is 1.90. The van der Waals surface area contributed by atoms with Gasteiger partial charge in [-0.05, 0) is 82.6 Å². The Balaban J connectivity index is 1.39. The summed E-state index contributed by atoms with van der Waals surface area (Å²) in [6, 6.07) is 18.0. The van der Waals surface area contributed by atoms with E-state index in [1.54, 1.807) is 43.6 Å². The average Bonchev–Trinajstić information content (AvgIpc) is 3.30. The van der Waals surface area contributed by atoms with Crippen LogP contribution in [0.2, 0.25) is 0 Å². The van der Waals surface area contributed by atoms with Crippen molar-refractivity contribution in [2.24, 2.45) is 0 Å². The monoisotopic (exact) mass is 593 g/mol. The second kappa shape index (κ2) is 9.90. The number of halogens is 2. The van der Waals surface area contributed by atoms with Crippen LogP contribution < -0.4 is 16.0 Å². The number of amides is 1. The van der Waals surface area contributed by atoms with Crippen molar-refractivity contribution in [3.05, 3.63) is 87.4 Å². The molecule has 1 amide bonds. The minimum absolute atomic E-state index is 0.171. The Morgan fingerprint density at radius 2 is 1.81 bits per heavy atom. The number of nitrogens with one attached hydrogen (secondary N) is 4. The maximum Gasteiger partial charge on any atom is 0.251 e. The van der Waals surface area contributed by atoms with E-state index in [0.717, 1.165) is 31.2 Å². The van der Waals surface area contributed by atoms with E-state index in [1.807, 2.05) is 31.2 Å². The van der Waals surface area contributed by atoms with Crippen LogP contribution in [0.3, 0.4) is 0 Å². The van der Waals surface area contributed by atoms with Crippen LogP contribution in [0.25, 0.3) is 22.0 Å². The number of H-pyrrole nitrogens is 1. The molecule has 0 fully saturated rings. The predicted molar refractivity (Wildman–Crippen MR) is 147 cm³/mol. The zero-order valence-corrected chi connectivity index (χ0v) is 21.5. The lowest BCUT2D eigenvalue weighted by Gasteiger charge is -2.13. The van der Waals surface area contributed by atoms with Crippen molar-refractivity contribution < 1.29 is 9.18 Å². The fourth-order valence-electron chi connectivity index (χ4n) is 3.84. The highest BCUT2D eigenvalue weighted by Gasteiger charge is 2.14. The zero-order valence-electron chi connectivity index (χ0n) is 19.4. The van der Waals surface area contributed by atoms with Crippen molar-refractivity contribution in [2.75, 3.05) is 17.7 Å². The second-order valence-corrected chi connectivity index (χ2v) is 9.22. The van der Waals surface area contributed by atoms with Crippen molar-refractivity contribution in [3.8, 4) is 11.1 Å². The van der Waals surface area contributed by atoms with Gasteiger partial charge in [0.05, 0.1) is 14.8 Å². The maximum absolute atomic E-state index is 15.1. The lowest BCUT2D eigenvalue weighted by molar-refractivity contribution is 0.0963. The Labute approximate surface area is 219 Å². The minimum Gasteiger partial charge on any atom is -0.355 e. The summed E-state index contributed by atoms with van der Waals surface area (Å²) in [5, 5.41) is 17.0. The van der Waals surface area contributed by atoms with Gasteiger partial charge in [-0.3, -0.25) is 9.89 Å². The molecule has 0 saturated carbocycles. The van der Waals surface area contributed by atoms with Gasteiger partial charge in [0.25, 0.3) is 5.91 Å². The summed E-state index contributed by atoms with van der Waals surface area (Å²) in [6.07, 6.45) is 1.65. The molecule has 0 atom stereocenters. The number of hydrogen-bond donors (Lipinski definition) is 4. The van der Waals surface area contributed by atoms with E-state index in [2.05, 4.69) is 58.7 Å². The molecular weight excluding hydrogens is 572 g/mol. The largest absolute Gasteiger partial charge is 0.355 e. The average molecular weight is 593 g/mol. The number of benzene rings is 3. The van der Waals surface area contributed by atoms with Crippen LogP contribution in [0.4, 0.5) is 27.7 Å². The number of para-hydroxylation sites is 1. The molecule has 10 heteroatoms. The van der Waals surface area contributed by atoms with Gasteiger partial charge in [0.1, 0.15) is 5.82 Å². The van der Waals surface area contributed by atoms with E-state index >= 15 is 4.39 Å². The van der Waals surface area contributed by atoms with E-state index in [9.17, 15) is 4.79 Å². The number of anilines is 4. The van der Waals surface area contributed by atoms with E-state index in [1.165, 1.54) is 6.07 Å². The van der Waals surface area contributed by atoms with Crippen molar-refractivity contribution in [3.63, 3.8) is 0 Å². The molecule has 5 aromatic rings. The number of aromatic amines is 1. The molecule has 0 radical (unpaired) electrons. The minimum atomic E-state index is -0.444.